The molecule has 0 radical (unpaired) electrons. The zero-order valence-corrected chi connectivity index (χ0v) is 16.9. The fourth-order valence-corrected chi connectivity index (χ4v) is 3.23. The minimum Gasteiger partial charge on any atom is -0.332 e. The van der Waals surface area contributed by atoms with Gasteiger partial charge in [0.05, 0.1) is 11.0 Å². The van der Waals surface area contributed by atoms with Gasteiger partial charge in [0.1, 0.15) is 5.82 Å². The third-order valence-corrected chi connectivity index (χ3v) is 4.86. The maximum absolute atomic E-state index is 14.0. The molecule has 4 nitrogen and oxygen atoms in total. The molecule has 2 aromatic carbocycles. The van der Waals surface area contributed by atoms with Crippen LogP contribution in [-0.2, 0) is 6.54 Å². The van der Waals surface area contributed by atoms with Crippen molar-refractivity contribution in [3.8, 4) is 0 Å². The highest BCUT2D eigenvalue weighted by molar-refractivity contribution is 9.10. The number of benzene rings is 2. The van der Waals surface area contributed by atoms with E-state index in [-0.39, 0.29) is 12.4 Å². The average molecular weight is 454 g/mol. The number of aromatic nitrogens is 2. The average Bonchev–Trinajstić information content (AvgIpc) is 2.93. The maximum atomic E-state index is 14.0. The molecule has 0 atom stereocenters. The Morgan fingerprint density at radius 3 is 2.73 bits per heavy atom. The van der Waals surface area contributed by atoms with Gasteiger partial charge in [0.25, 0.3) is 0 Å². The Hall–Kier alpha value is -1.96. The van der Waals surface area contributed by atoms with E-state index in [2.05, 4.69) is 31.7 Å². The molecule has 134 valence electrons. The lowest BCUT2D eigenvalue weighted by molar-refractivity contribution is 0.586. The van der Waals surface area contributed by atoms with Crippen LogP contribution in [0.25, 0.3) is 0 Å². The normalized spacial score (nSPS) is 10.6. The third-order valence-electron chi connectivity index (χ3n) is 3.72. The largest absolute Gasteiger partial charge is 0.332 e. The van der Waals surface area contributed by atoms with Crippen molar-refractivity contribution in [2.75, 3.05) is 10.6 Å². The summed E-state index contributed by atoms with van der Waals surface area (Å²) in [6, 6.07) is 12.4. The number of anilines is 2. The number of rotatable bonds is 4. The van der Waals surface area contributed by atoms with Crippen molar-refractivity contribution in [3.05, 3.63) is 75.1 Å². The molecule has 1 heterocycles. The Kier molecular flexibility index (Phi) is 5.90. The molecular weight excluding hydrogens is 439 g/mol. The monoisotopic (exact) mass is 452 g/mol. The van der Waals surface area contributed by atoms with Crippen LogP contribution in [-0.4, -0.2) is 14.9 Å². The minimum absolute atomic E-state index is 0.212. The van der Waals surface area contributed by atoms with Gasteiger partial charge in [0.15, 0.2) is 10.9 Å². The number of aryl methyl sites for hydroxylation is 1. The van der Waals surface area contributed by atoms with Gasteiger partial charge in [-0.05, 0) is 58.8 Å². The predicted octanol–water partition coefficient (Wildman–Crippen LogP) is 5.60. The molecule has 0 fully saturated rings. The van der Waals surface area contributed by atoms with Crippen molar-refractivity contribution >= 4 is 56.4 Å². The summed E-state index contributed by atoms with van der Waals surface area (Å²) in [6.07, 6.45) is 1.74. The van der Waals surface area contributed by atoms with Gasteiger partial charge >= 0.3 is 0 Å². The van der Waals surface area contributed by atoms with E-state index >= 15 is 0 Å². The topological polar surface area (TPSA) is 41.9 Å². The number of halogens is 3. The first-order valence-corrected chi connectivity index (χ1v) is 9.31. The van der Waals surface area contributed by atoms with Crippen LogP contribution >= 0.6 is 39.7 Å². The fourth-order valence-electron chi connectivity index (χ4n) is 2.38. The van der Waals surface area contributed by atoms with Gasteiger partial charge in [-0.3, -0.25) is 4.68 Å². The van der Waals surface area contributed by atoms with Gasteiger partial charge in [0.2, 0.25) is 0 Å². The van der Waals surface area contributed by atoms with E-state index in [1.165, 1.54) is 6.07 Å². The van der Waals surface area contributed by atoms with E-state index in [1.807, 2.05) is 31.2 Å². The first-order chi connectivity index (χ1) is 12.4. The summed E-state index contributed by atoms with van der Waals surface area (Å²) in [4.78, 5) is 0. The quantitative estimate of drug-likeness (QED) is 0.504. The van der Waals surface area contributed by atoms with Crippen LogP contribution in [0.5, 0.6) is 0 Å². The van der Waals surface area contributed by atoms with Gasteiger partial charge in [-0.15, -0.1) is 0 Å². The predicted molar refractivity (Wildman–Crippen MR) is 111 cm³/mol. The van der Waals surface area contributed by atoms with Crippen molar-refractivity contribution in [3.63, 3.8) is 0 Å². The Bertz CT molecular complexity index is 940. The Morgan fingerprint density at radius 2 is 2.00 bits per heavy atom. The van der Waals surface area contributed by atoms with Crippen LogP contribution in [0.3, 0.4) is 0 Å². The highest BCUT2D eigenvalue weighted by Crippen LogP contribution is 2.24. The third kappa shape index (κ3) is 4.41. The van der Waals surface area contributed by atoms with Crippen LogP contribution in [0.2, 0.25) is 5.02 Å². The van der Waals surface area contributed by atoms with E-state index in [4.69, 9.17) is 23.8 Å². The van der Waals surface area contributed by atoms with Crippen LogP contribution in [0.1, 0.15) is 11.1 Å². The van der Waals surface area contributed by atoms with Crippen molar-refractivity contribution in [2.45, 2.75) is 13.5 Å². The first-order valence-electron chi connectivity index (χ1n) is 7.73. The summed E-state index contributed by atoms with van der Waals surface area (Å²) >= 11 is 14.9. The number of nitrogens with one attached hydrogen (secondary N) is 2. The van der Waals surface area contributed by atoms with E-state index in [0.717, 1.165) is 11.3 Å². The summed E-state index contributed by atoms with van der Waals surface area (Å²) in [5.74, 6) is 0.166. The van der Waals surface area contributed by atoms with E-state index in [0.29, 0.717) is 26.0 Å². The molecule has 3 rings (SSSR count). The second kappa shape index (κ2) is 8.16. The number of thiocarbonyl (C=S) groups is 1. The standard InChI is InChI=1S/C18H15BrClFN4S/c1-11-5-2-3-8-16(11)22-18(26)23-17-13(19)10-25(24-17)9-12-14(20)6-4-7-15(12)21/h2-8,10H,9H2,1H3,(H2,22,23,24,26). The van der Waals surface area contributed by atoms with Gasteiger partial charge in [-0.25, -0.2) is 4.39 Å². The van der Waals surface area contributed by atoms with E-state index in [9.17, 15) is 4.39 Å². The Balaban J connectivity index is 1.72. The van der Waals surface area contributed by atoms with Crippen molar-refractivity contribution in [1.82, 2.24) is 9.78 Å². The SMILES string of the molecule is Cc1ccccc1NC(=S)Nc1nn(Cc2c(F)cccc2Cl)cc1Br. The molecule has 26 heavy (non-hydrogen) atoms. The Morgan fingerprint density at radius 1 is 1.23 bits per heavy atom. The summed E-state index contributed by atoms with van der Waals surface area (Å²) in [5, 5.41) is 11.3. The molecule has 0 amide bonds. The molecule has 0 unspecified atom stereocenters. The van der Waals surface area contributed by atoms with Crippen LogP contribution in [0.4, 0.5) is 15.9 Å². The van der Waals surface area contributed by atoms with Crippen LogP contribution in [0.15, 0.2) is 53.1 Å². The summed E-state index contributed by atoms with van der Waals surface area (Å²) in [6.45, 7) is 2.21. The summed E-state index contributed by atoms with van der Waals surface area (Å²) in [5.41, 5.74) is 2.38. The molecule has 8 heteroatoms. The van der Waals surface area contributed by atoms with E-state index < -0.39 is 0 Å². The smallest absolute Gasteiger partial charge is 0.176 e. The van der Waals surface area contributed by atoms with Gasteiger partial charge in [0, 0.05) is 22.5 Å². The van der Waals surface area contributed by atoms with Crippen LogP contribution < -0.4 is 10.6 Å². The summed E-state index contributed by atoms with van der Waals surface area (Å²) in [7, 11) is 0. The molecule has 0 aliphatic heterocycles. The molecule has 2 N–H and O–H groups in total. The van der Waals surface area contributed by atoms with Gasteiger partial charge in [-0.1, -0.05) is 35.9 Å². The van der Waals surface area contributed by atoms with Gasteiger partial charge < -0.3 is 10.6 Å². The second-order valence-corrected chi connectivity index (χ2v) is 7.29. The molecule has 0 saturated heterocycles. The highest BCUT2D eigenvalue weighted by Gasteiger charge is 2.12. The van der Waals surface area contributed by atoms with Crippen molar-refractivity contribution in [2.24, 2.45) is 0 Å². The summed E-state index contributed by atoms with van der Waals surface area (Å²) < 4.78 is 16.2. The number of nitrogens with zero attached hydrogens (tertiary/aromatic N) is 2. The van der Waals surface area contributed by atoms with Gasteiger partial charge in [-0.2, -0.15) is 5.10 Å². The van der Waals surface area contributed by atoms with Crippen molar-refractivity contribution < 1.29 is 4.39 Å². The number of hydrogen-bond donors (Lipinski definition) is 2. The number of para-hydroxylation sites is 1. The minimum atomic E-state index is -0.365. The molecule has 0 saturated carbocycles. The Labute approximate surface area is 169 Å². The molecule has 0 aliphatic rings. The molecule has 3 aromatic rings. The molecule has 0 aliphatic carbocycles. The zero-order chi connectivity index (χ0) is 18.7. The zero-order valence-electron chi connectivity index (χ0n) is 13.8. The maximum Gasteiger partial charge on any atom is 0.176 e. The van der Waals surface area contributed by atoms with Crippen molar-refractivity contribution in [1.29, 1.82) is 0 Å². The fraction of sp³-hybridized carbons (Fsp3) is 0.111. The molecular formula is C18H15BrClFN4S. The second-order valence-electron chi connectivity index (χ2n) is 5.62. The first kappa shape index (κ1) is 18.8. The lowest BCUT2D eigenvalue weighted by Gasteiger charge is -2.11. The molecule has 0 bridgehead atoms. The molecule has 1 aromatic heterocycles. The van der Waals surface area contributed by atoms with Crippen LogP contribution in [0, 0.1) is 12.7 Å². The lowest BCUT2D eigenvalue weighted by atomic mass is 10.2. The number of hydrogen-bond acceptors (Lipinski definition) is 2. The lowest BCUT2D eigenvalue weighted by Crippen LogP contribution is -2.20. The molecule has 0 spiro atoms. The van der Waals surface area contributed by atoms with E-state index in [1.54, 1.807) is 23.0 Å². The highest BCUT2D eigenvalue weighted by atomic mass is 79.9.